The third-order valence-electron chi connectivity index (χ3n) is 2.00. The van der Waals surface area contributed by atoms with Crippen molar-refractivity contribution in [3.05, 3.63) is 12.7 Å². The van der Waals surface area contributed by atoms with Crippen molar-refractivity contribution in [2.24, 2.45) is 0 Å². The Kier molecular flexibility index (Phi) is 6.50. The van der Waals surface area contributed by atoms with Crippen LogP contribution in [0.1, 0.15) is 19.3 Å². The van der Waals surface area contributed by atoms with Crippen LogP contribution in [-0.4, -0.2) is 50.2 Å². The molecule has 0 aliphatic heterocycles. The van der Waals surface area contributed by atoms with Gasteiger partial charge in [-0.3, -0.25) is 4.79 Å². The van der Waals surface area contributed by atoms with E-state index in [9.17, 15) is 14.7 Å². The van der Waals surface area contributed by atoms with Gasteiger partial charge in [0, 0.05) is 18.8 Å². The van der Waals surface area contributed by atoms with Gasteiger partial charge in [-0.25, -0.2) is 0 Å². The molecule has 5 nitrogen and oxygen atoms in total. The molecule has 1 atom stereocenters. The van der Waals surface area contributed by atoms with Gasteiger partial charge in [-0.1, -0.05) is 6.08 Å². The SMILES string of the molecule is C=CCCC(=O)OC(CC(=O)[O-])C[N+](C)(C)C. The van der Waals surface area contributed by atoms with Crippen molar-refractivity contribution in [3.8, 4) is 0 Å². The van der Waals surface area contributed by atoms with Crippen molar-refractivity contribution in [1.82, 2.24) is 0 Å². The Morgan fingerprint density at radius 2 is 2.00 bits per heavy atom. The van der Waals surface area contributed by atoms with Crippen molar-refractivity contribution < 1.29 is 23.9 Å². The molecule has 0 spiro atoms. The highest BCUT2D eigenvalue weighted by molar-refractivity contribution is 5.71. The van der Waals surface area contributed by atoms with E-state index >= 15 is 0 Å². The highest BCUT2D eigenvalue weighted by Crippen LogP contribution is 2.06. The summed E-state index contributed by atoms with van der Waals surface area (Å²) < 4.78 is 5.64. The summed E-state index contributed by atoms with van der Waals surface area (Å²) in [7, 11) is 5.71. The van der Waals surface area contributed by atoms with Crippen molar-refractivity contribution >= 4 is 11.9 Å². The van der Waals surface area contributed by atoms with Crippen LogP contribution in [0.15, 0.2) is 12.7 Å². The number of aliphatic carboxylic acids is 1. The lowest BCUT2D eigenvalue weighted by Gasteiger charge is -2.29. The quantitative estimate of drug-likeness (QED) is 0.334. The molecule has 0 N–H and O–H groups in total. The standard InChI is InChI=1S/C12H21NO4/c1-5-6-7-12(16)17-10(8-11(14)15)9-13(2,3)4/h5,10H,1,6-9H2,2-4H3. The Morgan fingerprint density at radius 3 is 2.41 bits per heavy atom. The van der Waals surface area contributed by atoms with Crippen LogP contribution in [0.25, 0.3) is 0 Å². The van der Waals surface area contributed by atoms with Gasteiger partial charge < -0.3 is 19.1 Å². The van der Waals surface area contributed by atoms with Crippen LogP contribution >= 0.6 is 0 Å². The second-order valence-corrected chi connectivity index (χ2v) is 4.99. The van der Waals surface area contributed by atoms with E-state index < -0.39 is 18.0 Å². The number of carbonyl (C=O) groups is 2. The lowest BCUT2D eigenvalue weighted by molar-refractivity contribution is -0.873. The molecule has 0 fully saturated rings. The molecule has 0 amide bonds. The van der Waals surface area contributed by atoms with Crippen LogP contribution in [0.3, 0.4) is 0 Å². The van der Waals surface area contributed by atoms with E-state index in [1.165, 1.54) is 0 Å². The van der Waals surface area contributed by atoms with E-state index in [1.54, 1.807) is 6.08 Å². The van der Waals surface area contributed by atoms with Crippen LogP contribution in [0.2, 0.25) is 0 Å². The molecule has 0 aromatic heterocycles. The molecule has 0 bridgehead atoms. The minimum absolute atomic E-state index is 0.226. The zero-order valence-corrected chi connectivity index (χ0v) is 10.8. The molecule has 0 aliphatic carbocycles. The first-order valence-corrected chi connectivity index (χ1v) is 5.55. The number of likely N-dealkylation sites (N-methyl/N-ethyl adjacent to an activating group) is 1. The predicted molar refractivity (Wildman–Crippen MR) is 61.8 cm³/mol. The van der Waals surface area contributed by atoms with Crippen LogP contribution in [0, 0.1) is 0 Å². The topological polar surface area (TPSA) is 66.4 Å². The minimum Gasteiger partial charge on any atom is -0.550 e. The van der Waals surface area contributed by atoms with Crippen LogP contribution < -0.4 is 5.11 Å². The molecule has 0 heterocycles. The molecule has 98 valence electrons. The maximum Gasteiger partial charge on any atom is 0.306 e. The molecular weight excluding hydrogens is 222 g/mol. The highest BCUT2D eigenvalue weighted by atomic mass is 16.5. The number of carboxylic acids is 1. The van der Waals surface area contributed by atoms with E-state index in [2.05, 4.69) is 6.58 Å². The first-order valence-electron chi connectivity index (χ1n) is 5.55. The molecule has 0 saturated carbocycles. The molecule has 1 unspecified atom stereocenters. The maximum absolute atomic E-state index is 11.4. The number of esters is 1. The number of quaternary nitrogens is 1. The summed E-state index contributed by atoms with van der Waals surface area (Å²) in [5, 5.41) is 10.6. The third kappa shape index (κ3) is 9.56. The number of hydrogen-bond acceptors (Lipinski definition) is 4. The Balaban J connectivity index is 4.32. The van der Waals surface area contributed by atoms with E-state index in [0.29, 0.717) is 17.4 Å². The van der Waals surface area contributed by atoms with Gasteiger partial charge in [-0.05, 0) is 6.42 Å². The van der Waals surface area contributed by atoms with Gasteiger partial charge in [0.05, 0.1) is 21.1 Å². The Morgan fingerprint density at radius 1 is 1.41 bits per heavy atom. The fourth-order valence-electron chi connectivity index (χ4n) is 1.41. The van der Waals surface area contributed by atoms with Crippen molar-refractivity contribution in [3.63, 3.8) is 0 Å². The maximum atomic E-state index is 11.4. The summed E-state index contributed by atoms with van der Waals surface area (Å²) in [6, 6.07) is 0. The lowest BCUT2D eigenvalue weighted by Crippen LogP contribution is -2.45. The summed E-state index contributed by atoms with van der Waals surface area (Å²) in [6.07, 6.45) is 1.47. The van der Waals surface area contributed by atoms with Gasteiger partial charge >= 0.3 is 5.97 Å². The molecular formula is C12H21NO4. The first kappa shape index (κ1) is 15.6. The van der Waals surface area contributed by atoms with E-state index in [0.717, 1.165) is 0 Å². The smallest absolute Gasteiger partial charge is 0.306 e. The Labute approximate surface area is 102 Å². The van der Waals surface area contributed by atoms with Crippen molar-refractivity contribution in [1.29, 1.82) is 0 Å². The van der Waals surface area contributed by atoms with Gasteiger partial charge in [0.1, 0.15) is 6.54 Å². The average molecular weight is 243 g/mol. The number of carbonyl (C=O) groups excluding carboxylic acids is 2. The molecule has 0 rings (SSSR count). The molecule has 0 saturated heterocycles. The van der Waals surface area contributed by atoms with E-state index in [1.807, 2.05) is 21.1 Å². The molecule has 0 aliphatic rings. The number of allylic oxidation sites excluding steroid dienone is 1. The second kappa shape index (κ2) is 7.06. The molecule has 5 heteroatoms. The zero-order valence-electron chi connectivity index (χ0n) is 10.8. The van der Waals surface area contributed by atoms with E-state index in [4.69, 9.17) is 4.74 Å². The van der Waals surface area contributed by atoms with Gasteiger partial charge in [0.25, 0.3) is 0 Å². The number of rotatable bonds is 8. The van der Waals surface area contributed by atoms with Crippen LogP contribution in [-0.2, 0) is 14.3 Å². The number of carboxylic acid groups (broad SMARTS) is 1. The third-order valence-corrected chi connectivity index (χ3v) is 2.00. The van der Waals surface area contributed by atoms with Gasteiger partial charge in [-0.2, -0.15) is 0 Å². The molecule has 17 heavy (non-hydrogen) atoms. The summed E-state index contributed by atoms with van der Waals surface area (Å²) in [6.45, 7) is 3.94. The summed E-state index contributed by atoms with van der Waals surface area (Å²) in [5.41, 5.74) is 0. The zero-order chi connectivity index (χ0) is 13.5. The van der Waals surface area contributed by atoms with Crippen LogP contribution in [0.5, 0.6) is 0 Å². The number of hydrogen-bond donors (Lipinski definition) is 0. The first-order chi connectivity index (χ1) is 7.74. The number of ether oxygens (including phenoxy) is 1. The van der Waals surface area contributed by atoms with Gasteiger partial charge in [0.15, 0.2) is 6.10 Å². The highest BCUT2D eigenvalue weighted by Gasteiger charge is 2.21. The van der Waals surface area contributed by atoms with Crippen LogP contribution in [0.4, 0.5) is 0 Å². The van der Waals surface area contributed by atoms with Gasteiger partial charge in [0.2, 0.25) is 0 Å². The molecule has 0 radical (unpaired) electrons. The largest absolute Gasteiger partial charge is 0.550 e. The summed E-state index contributed by atoms with van der Waals surface area (Å²) in [4.78, 5) is 22.0. The number of nitrogens with zero attached hydrogens (tertiary/aromatic N) is 1. The minimum atomic E-state index is -1.21. The molecule has 0 aromatic rings. The normalized spacial score (nSPS) is 12.9. The fourth-order valence-corrected chi connectivity index (χ4v) is 1.41. The van der Waals surface area contributed by atoms with Crippen molar-refractivity contribution in [2.45, 2.75) is 25.4 Å². The average Bonchev–Trinajstić information content (AvgIpc) is 2.10. The van der Waals surface area contributed by atoms with E-state index in [-0.39, 0.29) is 12.8 Å². The molecule has 0 aromatic carbocycles. The predicted octanol–water partition coefficient (Wildman–Crippen LogP) is -0.289. The van der Waals surface area contributed by atoms with Crippen molar-refractivity contribution in [2.75, 3.05) is 27.7 Å². The second-order valence-electron chi connectivity index (χ2n) is 4.99. The lowest BCUT2D eigenvalue weighted by atomic mass is 10.2. The summed E-state index contributed by atoms with van der Waals surface area (Å²) >= 11 is 0. The Hall–Kier alpha value is -1.36. The monoisotopic (exact) mass is 243 g/mol. The Bertz CT molecular complexity index is 281. The van der Waals surface area contributed by atoms with Gasteiger partial charge in [-0.15, -0.1) is 6.58 Å². The summed E-state index contributed by atoms with van der Waals surface area (Å²) in [5.74, 6) is -1.61. The fraction of sp³-hybridized carbons (Fsp3) is 0.667.